The van der Waals surface area contributed by atoms with E-state index in [1.807, 2.05) is 0 Å². The van der Waals surface area contributed by atoms with E-state index in [4.69, 9.17) is 0 Å². The second-order valence-electron chi connectivity index (χ2n) is 0. The molecule has 0 rings (SSSR count). The van der Waals surface area contributed by atoms with Crippen LogP contribution in [0.5, 0.6) is 0 Å². The van der Waals surface area contributed by atoms with Crippen LogP contribution in [0.4, 0.5) is 0 Å². The Bertz CT molecular complexity index is 6.85. The third-order valence-electron chi connectivity index (χ3n) is 0. The van der Waals surface area contributed by atoms with Crippen molar-refractivity contribution in [2.45, 2.75) is 0 Å². The number of hydrogen-bond donors (Lipinski definition) is 0. The molecule has 5 heavy (non-hydrogen) atoms. The van der Waals surface area contributed by atoms with Crippen LogP contribution < -0.4 is 18.9 Å². The molecule has 0 spiro atoms. The Morgan fingerprint density at radius 2 is 0.600 bits per heavy atom. The molecule has 0 aliphatic carbocycles. The average Bonchev–Trinajstić information content (AvgIpc) is 0. The van der Waals surface area contributed by atoms with Crippen molar-refractivity contribution < 1.29 is 18.9 Å². The van der Waals surface area contributed by atoms with Gasteiger partial charge in [0.05, 0.1) is 0 Å². The first kappa shape index (κ1) is 42.3. The molecule has 0 nitrogen and oxygen atoms in total. The molecule has 0 atom stereocenters. The Hall–Kier alpha value is 3.12. The molecular weight excluding hydrogens is 295 g/mol. The maximum atomic E-state index is 0. The molecule has 0 saturated heterocycles. The SMILES string of the molecule is [AlH4-].[AlH4-].[AlH4-].[Li+].[Pb+2]. The molecule has 0 aromatic rings. The van der Waals surface area contributed by atoms with E-state index in [0.717, 1.165) is 0 Å². The summed E-state index contributed by atoms with van der Waals surface area (Å²) in [6.07, 6.45) is 0. The van der Waals surface area contributed by atoms with Crippen molar-refractivity contribution in [3.8, 4) is 0 Å². The summed E-state index contributed by atoms with van der Waals surface area (Å²) in [5.41, 5.74) is 0. The van der Waals surface area contributed by atoms with Gasteiger partial charge in [0.15, 0.2) is 0 Å². The first-order valence-corrected chi connectivity index (χ1v) is 0. The molecule has 0 N–H and O–H groups in total. The van der Waals surface area contributed by atoms with Crippen molar-refractivity contribution in [1.82, 2.24) is 0 Å². The van der Waals surface area contributed by atoms with Crippen LogP contribution in [-0.4, -0.2) is 79.4 Å². The normalized spacial score (nSPS) is 0. The first-order valence-electron chi connectivity index (χ1n) is 0. The maximum Gasteiger partial charge on any atom is 2.00 e. The predicted molar refractivity (Wildman–Crippen MR) is 39.8 cm³/mol. The minimum atomic E-state index is 0. The average molecular weight is 307 g/mol. The van der Waals surface area contributed by atoms with E-state index in [9.17, 15) is 0 Å². The van der Waals surface area contributed by atoms with Crippen molar-refractivity contribution >= 4 is 79.4 Å². The van der Waals surface area contributed by atoms with Gasteiger partial charge in [0.2, 0.25) is 0 Å². The molecule has 0 fully saturated rings. The Morgan fingerprint density at radius 1 is 0.600 bits per heavy atom. The van der Waals surface area contributed by atoms with E-state index in [1.54, 1.807) is 0 Å². The van der Waals surface area contributed by atoms with E-state index in [1.165, 1.54) is 0 Å². The van der Waals surface area contributed by atoms with Crippen LogP contribution in [0, 0.1) is 0 Å². The monoisotopic (exact) mass is 308 g/mol. The molecule has 0 amide bonds. The van der Waals surface area contributed by atoms with Gasteiger partial charge in [-0.25, -0.2) is 0 Å². The van der Waals surface area contributed by atoms with Crippen molar-refractivity contribution in [2.24, 2.45) is 0 Å². The van der Waals surface area contributed by atoms with Gasteiger partial charge in [-0.15, -0.1) is 0 Å². The van der Waals surface area contributed by atoms with Crippen LogP contribution in [0.2, 0.25) is 0 Å². The van der Waals surface area contributed by atoms with Crippen LogP contribution in [0.15, 0.2) is 0 Å². The zero-order valence-corrected chi connectivity index (χ0v) is 5.39. The van der Waals surface area contributed by atoms with Crippen molar-refractivity contribution in [2.75, 3.05) is 0 Å². The van der Waals surface area contributed by atoms with E-state index in [2.05, 4.69) is 0 Å². The Morgan fingerprint density at radius 3 is 0.600 bits per heavy atom. The fraction of sp³-hybridized carbons (Fsp3) is 0. The second kappa shape index (κ2) is 27.4. The molecule has 26 valence electrons. The Kier molecular flexibility index (Phi) is 232. The molecule has 0 saturated carbocycles. The standard InChI is InChI=1S/3Al.Li.Pb.12H/q3*-1;+1;+2;;;;;;;;;;;;. The van der Waals surface area contributed by atoms with Crippen LogP contribution in [0.25, 0.3) is 0 Å². The maximum absolute atomic E-state index is 0. The smallest absolute Gasteiger partial charge is 0.0398 e. The zero-order chi connectivity index (χ0) is 0. The van der Waals surface area contributed by atoms with Crippen LogP contribution in [-0.2, 0) is 0 Å². The van der Waals surface area contributed by atoms with Gasteiger partial charge >= 0.3 is 46.2 Å². The zero-order valence-electron chi connectivity index (χ0n) is 1.50. The number of hydrogen-bond acceptors (Lipinski definition) is 0. The molecule has 0 unspecified atom stereocenters. The third kappa shape index (κ3) is 19.2. The molecular formula is H12Al3LiPb. The summed E-state index contributed by atoms with van der Waals surface area (Å²) in [5, 5.41) is 0. The van der Waals surface area contributed by atoms with Gasteiger partial charge in [-0.1, -0.05) is 0 Å². The third-order valence-corrected chi connectivity index (χ3v) is 0. The largest absolute Gasteiger partial charge is 2.00 e. The van der Waals surface area contributed by atoms with Crippen LogP contribution in [0.1, 0.15) is 0 Å². The summed E-state index contributed by atoms with van der Waals surface area (Å²) in [5.74, 6) is 0. The molecule has 0 heterocycles. The van der Waals surface area contributed by atoms with Gasteiger partial charge in [0.1, 0.15) is 0 Å². The number of rotatable bonds is 0. The van der Waals surface area contributed by atoms with E-state index in [-0.39, 0.29) is 98.2 Å². The summed E-state index contributed by atoms with van der Waals surface area (Å²) < 4.78 is 0. The quantitative estimate of drug-likeness (QED) is 0.390. The Labute approximate surface area is 96.6 Å². The van der Waals surface area contributed by atoms with E-state index in [0.29, 0.717) is 0 Å². The molecule has 0 aliphatic heterocycles. The topological polar surface area (TPSA) is 0 Å². The molecule has 0 bridgehead atoms. The van der Waals surface area contributed by atoms with Gasteiger partial charge in [0.25, 0.3) is 0 Å². The summed E-state index contributed by atoms with van der Waals surface area (Å²) in [4.78, 5) is 0. The predicted octanol–water partition coefficient (Wildman–Crippen LogP) is -7.73. The second-order valence-corrected chi connectivity index (χ2v) is 0. The minimum Gasteiger partial charge on any atom is 0.0398 e. The summed E-state index contributed by atoms with van der Waals surface area (Å²) in [7, 11) is 0. The van der Waals surface area contributed by atoms with E-state index >= 15 is 0 Å². The fourth-order valence-electron chi connectivity index (χ4n) is 0. The molecule has 5 heteroatoms. The molecule has 0 aromatic carbocycles. The summed E-state index contributed by atoms with van der Waals surface area (Å²) in [6, 6.07) is 0. The van der Waals surface area contributed by atoms with Gasteiger partial charge in [-0.05, 0) is 0 Å². The minimum absolute atomic E-state index is 0. The van der Waals surface area contributed by atoms with Crippen molar-refractivity contribution in [3.05, 3.63) is 0 Å². The van der Waals surface area contributed by atoms with Gasteiger partial charge in [-0.3, -0.25) is 0 Å². The van der Waals surface area contributed by atoms with Gasteiger partial charge < -0.3 is 0 Å². The van der Waals surface area contributed by atoms with E-state index < -0.39 is 0 Å². The van der Waals surface area contributed by atoms with Crippen molar-refractivity contribution in [3.63, 3.8) is 0 Å². The fourth-order valence-corrected chi connectivity index (χ4v) is 0. The summed E-state index contributed by atoms with van der Waals surface area (Å²) in [6.45, 7) is 0. The van der Waals surface area contributed by atoms with Gasteiger partial charge in [-0.2, -0.15) is 0 Å². The van der Waals surface area contributed by atoms with Crippen LogP contribution in [0.3, 0.4) is 0 Å². The molecule has 2 radical (unpaired) electrons. The summed E-state index contributed by atoms with van der Waals surface area (Å²) >= 11 is 0. The van der Waals surface area contributed by atoms with Crippen LogP contribution >= 0.6 is 0 Å². The first-order chi connectivity index (χ1) is 0. The van der Waals surface area contributed by atoms with Crippen molar-refractivity contribution in [1.29, 1.82) is 0 Å². The van der Waals surface area contributed by atoms with Gasteiger partial charge in [0, 0.05) is 52.1 Å². The Balaban J connectivity index is 0. The molecule has 0 aromatic heterocycles. The molecule has 0 aliphatic rings.